The van der Waals surface area contributed by atoms with E-state index in [-0.39, 0.29) is 25.2 Å². The van der Waals surface area contributed by atoms with Gasteiger partial charge in [0.25, 0.3) is 0 Å². The number of nitrogens with one attached hydrogen (secondary N) is 1. The molecule has 0 fully saturated rings. The molecule has 0 aliphatic rings. The van der Waals surface area contributed by atoms with Crippen molar-refractivity contribution in [3.05, 3.63) is 35.9 Å². The second kappa shape index (κ2) is 9.05. The Morgan fingerprint density at radius 3 is 2.33 bits per heavy atom. The summed E-state index contributed by atoms with van der Waals surface area (Å²) in [5.41, 5.74) is 1.10. The summed E-state index contributed by atoms with van der Waals surface area (Å²) in [5.74, 6) is 0. The normalized spacial score (nSPS) is 14.9. The molecule has 2 unspecified atom stereocenters. The monoisotopic (exact) mass is 303 g/mol. The fourth-order valence-corrected chi connectivity index (χ4v) is 2.30. The van der Waals surface area contributed by atoms with Gasteiger partial charge in [-0.25, -0.2) is 0 Å². The van der Waals surface area contributed by atoms with Crippen LogP contribution in [0.5, 0.6) is 0 Å². The minimum absolute atomic E-state index is 0.00656. The SMILES string of the molecule is CCNC(c1ccccc1)C(CC)OCCCC(F)(F)F. The lowest BCUT2D eigenvalue weighted by atomic mass is 9.99. The van der Waals surface area contributed by atoms with Gasteiger partial charge in [0, 0.05) is 13.0 Å². The Kier molecular flexibility index (Phi) is 7.75. The van der Waals surface area contributed by atoms with E-state index in [0.29, 0.717) is 0 Å². The Labute approximate surface area is 124 Å². The van der Waals surface area contributed by atoms with E-state index in [1.165, 1.54) is 0 Å². The highest BCUT2D eigenvalue weighted by atomic mass is 19.4. The maximum atomic E-state index is 12.1. The van der Waals surface area contributed by atoms with Gasteiger partial charge in [-0.05, 0) is 24.9 Å². The van der Waals surface area contributed by atoms with Crippen molar-refractivity contribution in [1.29, 1.82) is 0 Å². The van der Waals surface area contributed by atoms with Crippen LogP contribution in [-0.2, 0) is 4.74 Å². The number of ether oxygens (including phenoxy) is 1. The topological polar surface area (TPSA) is 21.3 Å². The van der Waals surface area contributed by atoms with Gasteiger partial charge in [-0.1, -0.05) is 44.2 Å². The number of rotatable bonds is 9. The fourth-order valence-electron chi connectivity index (χ4n) is 2.30. The molecule has 0 saturated carbocycles. The summed E-state index contributed by atoms with van der Waals surface area (Å²) in [6.45, 7) is 4.91. The third kappa shape index (κ3) is 6.96. The van der Waals surface area contributed by atoms with Crippen molar-refractivity contribution < 1.29 is 17.9 Å². The summed E-state index contributed by atoms with van der Waals surface area (Å²) in [5, 5.41) is 3.36. The van der Waals surface area contributed by atoms with Crippen molar-refractivity contribution in [3.63, 3.8) is 0 Å². The number of hydrogen-bond donors (Lipinski definition) is 1. The third-order valence-electron chi connectivity index (χ3n) is 3.29. The van der Waals surface area contributed by atoms with Crippen molar-refractivity contribution in [1.82, 2.24) is 5.32 Å². The first-order valence-corrected chi connectivity index (χ1v) is 7.44. The van der Waals surface area contributed by atoms with Gasteiger partial charge in [-0.15, -0.1) is 0 Å². The number of likely N-dealkylation sites (N-methyl/N-ethyl adjacent to an activating group) is 1. The number of hydrogen-bond acceptors (Lipinski definition) is 2. The van der Waals surface area contributed by atoms with E-state index in [1.54, 1.807) is 0 Å². The van der Waals surface area contributed by atoms with Crippen LogP contribution in [0.4, 0.5) is 13.2 Å². The van der Waals surface area contributed by atoms with E-state index in [0.717, 1.165) is 18.5 Å². The first-order chi connectivity index (χ1) is 9.98. The zero-order valence-corrected chi connectivity index (χ0v) is 12.6. The van der Waals surface area contributed by atoms with Crippen LogP contribution in [-0.4, -0.2) is 25.4 Å². The summed E-state index contributed by atoms with van der Waals surface area (Å²) < 4.78 is 42.1. The smallest absolute Gasteiger partial charge is 0.376 e. The van der Waals surface area contributed by atoms with Gasteiger partial charge in [-0.2, -0.15) is 13.2 Å². The van der Waals surface area contributed by atoms with Crippen molar-refractivity contribution in [2.45, 2.75) is 51.4 Å². The zero-order valence-electron chi connectivity index (χ0n) is 12.6. The van der Waals surface area contributed by atoms with E-state index in [1.807, 2.05) is 44.2 Å². The van der Waals surface area contributed by atoms with Crippen LogP contribution >= 0.6 is 0 Å². The van der Waals surface area contributed by atoms with E-state index < -0.39 is 12.6 Å². The van der Waals surface area contributed by atoms with E-state index >= 15 is 0 Å². The van der Waals surface area contributed by atoms with E-state index in [4.69, 9.17) is 4.74 Å². The molecule has 5 heteroatoms. The van der Waals surface area contributed by atoms with Crippen LogP contribution in [0.15, 0.2) is 30.3 Å². The summed E-state index contributed by atoms with van der Waals surface area (Å²) in [4.78, 5) is 0. The second-order valence-electron chi connectivity index (χ2n) is 4.98. The Hall–Kier alpha value is -1.07. The molecule has 120 valence electrons. The Bertz CT molecular complexity index is 381. The molecule has 2 atom stereocenters. The molecule has 0 aromatic heterocycles. The summed E-state index contributed by atoms with van der Waals surface area (Å²) in [6, 6.07) is 9.88. The molecule has 1 N–H and O–H groups in total. The minimum atomic E-state index is -4.11. The van der Waals surface area contributed by atoms with Gasteiger partial charge < -0.3 is 10.1 Å². The van der Waals surface area contributed by atoms with Gasteiger partial charge in [0.15, 0.2) is 0 Å². The number of benzene rings is 1. The lowest BCUT2D eigenvalue weighted by molar-refractivity contribution is -0.139. The van der Waals surface area contributed by atoms with Crippen molar-refractivity contribution >= 4 is 0 Å². The first kappa shape index (κ1) is 18.0. The highest BCUT2D eigenvalue weighted by Gasteiger charge is 2.27. The fraction of sp³-hybridized carbons (Fsp3) is 0.625. The third-order valence-corrected chi connectivity index (χ3v) is 3.29. The summed E-state index contributed by atoms with van der Waals surface area (Å²) >= 11 is 0. The van der Waals surface area contributed by atoms with E-state index in [9.17, 15) is 13.2 Å². The predicted molar refractivity (Wildman–Crippen MR) is 78.2 cm³/mol. The second-order valence-corrected chi connectivity index (χ2v) is 4.98. The van der Waals surface area contributed by atoms with Crippen LogP contribution in [0.25, 0.3) is 0 Å². The minimum Gasteiger partial charge on any atom is -0.376 e. The number of alkyl halides is 3. The lowest BCUT2D eigenvalue weighted by Gasteiger charge is -2.28. The molecular formula is C16H24F3NO. The summed E-state index contributed by atoms with van der Waals surface area (Å²) in [7, 11) is 0. The molecule has 1 rings (SSSR count). The Morgan fingerprint density at radius 2 is 1.81 bits per heavy atom. The van der Waals surface area contributed by atoms with Crippen LogP contribution in [0.2, 0.25) is 0 Å². The highest BCUT2D eigenvalue weighted by Crippen LogP contribution is 2.24. The molecule has 0 aliphatic carbocycles. The Morgan fingerprint density at radius 1 is 1.14 bits per heavy atom. The lowest BCUT2D eigenvalue weighted by Crippen LogP contribution is -2.34. The van der Waals surface area contributed by atoms with Gasteiger partial charge in [-0.3, -0.25) is 0 Å². The van der Waals surface area contributed by atoms with Crippen LogP contribution in [0, 0.1) is 0 Å². The van der Waals surface area contributed by atoms with Crippen molar-refractivity contribution in [3.8, 4) is 0 Å². The van der Waals surface area contributed by atoms with Crippen molar-refractivity contribution in [2.24, 2.45) is 0 Å². The average molecular weight is 303 g/mol. The quantitative estimate of drug-likeness (QED) is 0.679. The number of halogens is 3. The molecule has 0 saturated heterocycles. The molecule has 0 aliphatic heterocycles. The molecule has 1 aromatic carbocycles. The maximum absolute atomic E-state index is 12.1. The molecule has 0 spiro atoms. The van der Waals surface area contributed by atoms with Crippen molar-refractivity contribution in [2.75, 3.05) is 13.2 Å². The summed E-state index contributed by atoms with van der Waals surface area (Å²) in [6.07, 6.45) is -4.26. The van der Waals surface area contributed by atoms with Crippen LogP contribution < -0.4 is 5.32 Å². The highest BCUT2D eigenvalue weighted by molar-refractivity contribution is 5.20. The van der Waals surface area contributed by atoms with Crippen LogP contribution in [0.3, 0.4) is 0 Å². The standard InChI is InChI=1S/C16H24F3NO/c1-3-14(21-12-8-11-16(17,18)19)15(20-4-2)13-9-6-5-7-10-13/h5-7,9-10,14-15,20H,3-4,8,11-12H2,1-2H3. The molecule has 0 amide bonds. The molecule has 21 heavy (non-hydrogen) atoms. The largest absolute Gasteiger partial charge is 0.389 e. The average Bonchev–Trinajstić information content (AvgIpc) is 2.45. The van der Waals surface area contributed by atoms with Gasteiger partial charge in [0.05, 0.1) is 12.1 Å². The maximum Gasteiger partial charge on any atom is 0.389 e. The van der Waals surface area contributed by atoms with Gasteiger partial charge >= 0.3 is 6.18 Å². The molecule has 2 nitrogen and oxygen atoms in total. The Balaban J connectivity index is 2.57. The molecule has 0 radical (unpaired) electrons. The van der Waals surface area contributed by atoms with Gasteiger partial charge in [0.1, 0.15) is 0 Å². The molecular weight excluding hydrogens is 279 g/mol. The predicted octanol–water partition coefficient (Wildman–Crippen LogP) is 4.47. The zero-order chi connectivity index (χ0) is 15.7. The first-order valence-electron chi connectivity index (χ1n) is 7.44. The molecule has 0 heterocycles. The molecule has 0 bridgehead atoms. The van der Waals surface area contributed by atoms with E-state index in [2.05, 4.69) is 5.32 Å². The molecule has 1 aromatic rings. The van der Waals surface area contributed by atoms with Gasteiger partial charge in [0.2, 0.25) is 0 Å². The van der Waals surface area contributed by atoms with Crippen LogP contribution in [0.1, 0.15) is 44.7 Å².